The topological polar surface area (TPSA) is 255 Å². The Bertz CT molecular complexity index is 2690. The minimum atomic E-state index is -3.24. The van der Waals surface area contributed by atoms with Gasteiger partial charge >= 0.3 is 5.65 Å². The molecule has 4 aliphatic heterocycles. The Morgan fingerprint density at radius 2 is 1.82 bits per heavy atom. The monoisotopic (exact) mass is 936 g/mol. The van der Waals surface area contributed by atoms with E-state index >= 15 is 0 Å². The number of rotatable bonds is 17. The van der Waals surface area contributed by atoms with Gasteiger partial charge in [0.15, 0.2) is 11.3 Å². The average Bonchev–Trinajstić information content (AvgIpc) is 4.15. The van der Waals surface area contributed by atoms with Crippen molar-refractivity contribution in [3.05, 3.63) is 65.2 Å². The Hall–Kier alpha value is -6.40. The molecule has 4 fully saturated rings. The smallest absolute Gasteiger partial charge is 0.363 e. The van der Waals surface area contributed by atoms with Gasteiger partial charge in [-0.2, -0.15) is 9.78 Å². The number of imide groups is 2. The van der Waals surface area contributed by atoms with Gasteiger partial charge in [0.1, 0.15) is 17.9 Å². The van der Waals surface area contributed by atoms with E-state index in [-0.39, 0.29) is 85.2 Å². The van der Waals surface area contributed by atoms with E-state index in [1.165, 1.54) is 32.3 Å². The number of halogens is 2. The number of nitrogens with two attached hydrogens (primary N) is 1. The number of piperidine rings is 1. The highest BCUT2D eigenvalue weighted by Crippen LogP contribution is 2.37. The number of primary amides is 1. The van der Waals surface area contributed by atoms with Crippen molar-refractivity contribution >= 4 is 63.5 Å². The predicted octanol–water partition coefficient (Wildman–Crippen LogP) is 1.22. The minimum Gasteiger partial charge on any atom is -0.384 e. The van der Waals surface area contributed by atoms with Gasteiger partial charge < -0.3 is 25.4 Å². The molecule has 7 heterocycles. The fourth-order valence-electron chi connectivity index (χ4n) is 9.67. The lowest BCUT2D eigenvalue weighted by Crippen LogP contribution is -2.54. The van der Waals surface area contributed by atoms with Crippen molar-refractivity contribution in [2.45, 2.75) is 88.4 Å². The maximum atomic E-state index is 14.6. The summed E-state index contributed by atoms with van der Waals surface area (Å²) in [5.41, 5.74) is 6.19. The van der Waals surface area contributed by atoms with Crippen molar-refractivity contribution in [3.8, 4) is 5.69 Å². The van der Waals surface area contributed by atoms with Crippen molar-refractivity contribution in [1.29, 1.82) is 0 Å². The zero-order valence-electron chi connectivity index (χ0n) is 35.6. The summed E-state index contributed by atoms with van der Waals surface area (Å²) in [6.07, 6.45) is 4.59. The van der Waals surface area contributed by atoms with Crippen LogP contribution >= 0.6 is 0 Å². The van der Waals surface area contributed by atoms with E-state index < -0.39 is 70.4 Å². The second-order valence-electron chi connectivity index (χ2n) is 17.0. The first-order chi connectivity index (χ1) is 31.8. The van der Waals surface area contributed by atoms with Crippen LogP contribution in [-0.2, 0) is 34.7 Å². The molecule has 4 N–H and O–H groups in total. The highest BCUT2D eigenvalue weighted by Gasteiger charge is 2.46. The van der Waals surface area contributed by atoms with Gasteiger partial charge in [-0.15, -0.1) is 4.52 Å². The Morgan fingerprint density at radius 3 is 2.52 bits per heavy atom. The number of thiol groups is 1. The number of fused-ring (bicyclic) bond motifs is 4. The number of nitrogens with one attached hydrogen (secondary N) is 2. The molecule has 1 aromatic carbocycles. The number of nitrogens with zero attached hydrogens (tertiary/aromatic N) is 8. The van der Waals surface area contributed by atoms with Crippen molar-refractivity contribution in [2.75, 3.05) is 49.7 Å². The Labute approximate surface area is 377 Å². The number of hydrogen-bond acceptors (Lipinski definition) is 14. The summed E-state index contributed by atoms with van der Waals surface area (Å²) < 4.78 is 70.2. The predicted molar refractivity (Wildman–Crippen MR) is 226 cm³/mol. The Morgan fingerprint density at radius 1 is 1.03 bits per heavy atom. The fraction of sp³-hybridized carbons (Fsp3) is 0.500. The molecule has 21 nitrogen and oxygen atoms in total. The molecule has 5 aliphatic rings. The van der Waals surface area contributed by atoms with Crippen LogP contribution in [0.25, 0.3) is 11.3 Å². The first kappa shape index (κ1) is 44.8. The maximum Gasteiger partial charge on any atom is 0.363 e. The summed E-state index contributed by atoms with van der Waals surface area (Å²) in [5.74, 6) is -3.70. The van der Waals surface area contributed by atoms with Crippen molar-refractivity contribution in [3.63, 3.8) is 0 Å². The molecule has 3 unspecified atom stereocenters. The first-order valence-corrected chi connectivity index (χ1v) is 23.0. The summed E-state index contributed by atoms with van der Waals surface area (Å²) in [7, 11) is -3.24. The van der Waals surface area contributed by atoms with Gasteiger partial charge in [0.05, 0.1) is 48.3 Å². The first-order valence-electron chi connectivity index (χ1n) is 21.9. The lowest BCUT2D eigenvalue weighted by atomic mass is 9.85. The highest BCUT2D eigenvalue weighted by atomic mass is 32.2. The number of benzene rings is 1. The molecule has 24 heteroatoms. The molecular formula is C42H48F2N11O10S+. The molecule has 3 atom stereocenters. The van der Waals surface area contributed by atoms with Crippen molar-refractivity contribution < 1.29 is 60.0 Å². The summed E-state index contributed by atoms with van der Waals surface area (Å²) in [4.78, 5) is 84.2. The van der Waals surface area contributed by atoms with Crippen LogP contribution in [0.4, 0.5) is 20.3 Å². The van der Waals surface area contributed by atoms with Gasteiger partial charge in [-0.1, -0.05) is 6.07 Å². The van der Waals surface area contributed by atoms with Crippen molar-refractivity contribution in [2.24, 2.45) is 11.7 Å². The van der Waals surface area contributed by atoms with Crippen LogP contribution in [-0.4, -0.2) is 130 Å². The SMILES string of the molecule is NC(=O)c1cn(-c2cn(C3CCC(C(=O)N(CCCOCCCNc4cccc5c4C(=O)N(C4CCC(=O)NC4=O)C5=O)[SH](=O)=O)CC3)nc2C(F)F)[n+]2ccc(N3CC4CC3CO4)nc12. The van der Waals surface area contributed by atoms with Crippen LogP contribution < -0.4 is 25.8 Å². The summed E-state index contributed by atoms with van der Waals surface area (Å²) in [6, 6.07) is 5.23. The van der Waals surface area contributed by atoms with Gasteiger partial charge in [0.25, 0.3) is 24.1 Å². The molecule has 350 valence electrons. The lowest BCUT2D eigenvalue weighted by molar-refractivity contribution is -0.600. The fourth-order valence-corrected chi connectivity index (χ4v) is 10.3. The largest absolute Gasteiger partial charge is 0.384 e. The number of alkyl halides is 2. The van der Waals surface area contributed by atoms with E-state index in [0.717, 1.165) is 15.6 Å². The number of amides is 6. The van der Waals surface area contributed by atoms with Gasteiger partial charge in [-0.3, -0.25) is 43.7 Å². The summed E-state index contributed by atoms with van der Waals surface area (Å²) in [6.45, 7) is 1.90. The van der Waals surface area contributed by atoms with Gasteiger partial charge in [-0.05, 0) is 68.5 Å². The third kappa shape index (κ3) is 8.47. The van der Waals surface area contributed by atoms with E-state index in [1.54, 1.807) is 24.4 Å². The molecule has 3 saturated heterocycles. The average molecular weight is 937 g/mol. The standard InChI is InChI=1S/C42H47F2N11O10S/c43-36(44)35-31(53-20-28(37(45)57)38-47-32(12-15-52(38)53)50-19-26-18-25(50)22-65-26)21-51(49-35)24-8-6-23(7-9-24)40(59)54(66(62)63)14-3-17-64-16-2-13-46-29-5-1-4-27-34(29)42(61)55(41(27)60)30-10-11-33(56)48-39(30)58/h1,4-5,12,15,20-21,23-26,30,36,66H,2-3,6-11,13-14,16-19,22H2,(H3-,45,46,48,56,57,58,61)/p+1. The van der Waals surface area contributed by atoms with Gasteiger partial charge in [0.2, 0.25) is 34.4 Å². The number of morpholine rings is 1. The summed E-state index contributed by atoms with van der Waals surface area (Å²) >= 11 is 0. The Balaban J connectivity index is 0.755. The number of ether oxygens (including phenoxy) is 2. The zero-order chi connectivity index (χ0) is 46.4. The van der Waals surface area contributed by atoms with E-state index in [0.29, 0.717) is 63.3 Å². The highest BCUT2D eigenvalue weighted by molar-refractivity contribution is 7.70. The number of aromatic nitrogens is 5. The second kappa shape index (κ2) is 18.5. The van der Waals surface area contributed by atoms with Crippen LogP contribution in [0, 0.1) is 5.92 Å². The van der Waals surface area contributed by atoms with E-state index in [2.05, 4.69) is 20.6 Å². The molecule has 9 rings (SSSR count). The molecule has 2 bridgehead atoms. The van der Waals surface area contributed by atoms with Crippen molar-refractivity contribution in [1.82, 2.24) is 34.0 Å². The molecule has 66 heavy (non-hydrogen) atoms. The number of anilines is 2. The third-order valence-corrected chi connectivity index (χ3v) is 13.8. The quantitative estimate of drug-likeness (QED) is 0.0503. The molecule has 6 amide bonds. The lowest BCUT2D eigenvalue weighted by Gasteiger charge is -2.30. The summed E-state index contributed by atoms with van der Waals surface area (Å²) in [5, 5.41) is 9.57. The van der Waals surface area contributed by atoms with Crippen LogP contribution in [0.5, 0.6) is 0 Å². The number of carbonyl (C=O) groups excluding carboxylic acids is 6. The molecule has 1 aliphatic carbocycles. The molecule has 3 aromatic heterocycles. The van der Waals surface area contributed by atoms with Crippen LogP contribution in [0.2, 0.25) is 0 Å². The molecular weight excluding hydrogens is 889 g/mol. The maximum absolute atomic E-state index is 14.6. The third-order valence-electron chi connectivity index (χ3n) is 13.0. The Kier molecular flexibility index (Phi) is 12.5. The van der Waals surface area contributed by atoms with Gasteiger partial charge in [-0.25, -0.2) is 21.5 Å². The molecule has 0 radical (unpaired) electrons. The van der Waals surface area contributed by atoms with E-state index in [9.17, 15) is 46.0 Å². The van der Waals surface area contributed by atoms with E-state index in [1.807, 2.05) is 0 Å². The molecule has 4 aromatic rings. The van der Waals surface area contributed by atoms with E-state index in [4.69, 9.17) is 20.2 Å². The van der Waals surface area contributed by atoms with Crippen LogP contribution in [0.1, 0.15) is 107 Å². The number of hydrogen-bond donors (Lipinski definition) is 4. The number of carbonyl (C=O) groups is 6. The molecule has 1 saturated carbocycles. The normalized spacial score (nSPS) is 22.8. The molecule has 0 spiro atoms. The van der Waals surface area contributed by atoms with Crippen LogP contribution in [0.3, 0.4) is 0 Å². The van der Waals surface area contributed by atoms with Gasteiger partial charge in [0, 0.05) is 56.9 Å². The second-order valence-corrected chi connectivity index (χ2v) is 18.0. The zero-order valence-corrected chi connectivity index (χ0v) is 36.4. The minimum absolute atomic E-state index is 0.0127. The van der Waals surface area contributed by atoms with Crippen LogP contribution in [0.15, 0.2) is 42.9 Å².